The molecule has 0 radical (unpaired) electrons. The first-order valence-electron chi connectivity index (χ1n) is 5.99. The van der Waals surface area contributed by atoms with Crippen molar-refractivity contribution >= 4 is 21.6 Å². The van der Waals surface area contributed by atoms with Crippen molar-refractivity contribution in [2.45, 2.75) is 27.3 Å². The van der Waals surface area contributed by atoms with Gasteiger partial charge in [0.1, 0.15) is 0 Å². The summed E-state index contributed by atoms with van der Waals surface area (Å²) in [5, 5.41) is 3.47. The van der Waals surface area contributed by atoms with Crippen molar-refractivity contribution in [2.24, 2.45) is 0 Å². The fraction of sp³-hybridized carbons (Fsp3) is 0.267. The van der Waals surface area contributed by atoms with Gasteiger partial charge >= 0.3 is 0 Å². The first-order chi connectivity index (χ1) is 8.56. The summed E-state index contributed by atoms with van der Waals surface area (Å²) in [7, 11) is 0. The fourth-order valence-electron chi connectivity index (χ4n) is 2.07. The van der Waals surface area contributed by atoms with Crippen LogP contribution in [-0.4, -0.2) is 4.98 Å². The van der Waals surface area contributed by atoms with Gasteiger partial charge in [-0.3, -0.25) is 4.98 Å². The lowest BCUT2D eigenvalue weighted by Gasteiger charge is -2.13. The largest absolute Gasteiger partial charge is 0.379 e. The van der Waals surface area contributed by atoms with E-state index in [4.69, 9.17) is 0 Å². The predicted octanol–water partition coefficient (Wildman–Crippen LogP) is 4.38. The molecule has 0 saturated carbocycles. The van der Waals surface area contributed by atoms with Crippen molar-refractivity contribution < 1.29 is 0 Å². The number of hydrogen-bond donors (Lipinski definition) is 1. The van der Waals surface area contributed by atoms with Crippen LogP contribution in [0.15, 0.2) is 34.8 Å². The van der Waals surface area contributed by atoms with Crippen LogP contribution < -0.4 is 5.32 Å². The van der Waals surface area contributed by atoms with E-state index in [2.05, 4.69) is 52.2 Å². The molecule has 0 bridgehead atoms. The first-order valence-corrected chi connectivity index (χ1v) is 6.79. The highest BCUT2D eigenvalue weighted by Gasteiger charge is 2.04. The molecule has 1 N–H and O–H groups in total. The Morgan fingerprint density at radius 1 is 1.11 bits per heavy atom. The number of anilines is 1. The molecule has 0 unspecified atom stereocenters. The molecule has 0 aliphatic carbocycles. The van der Waals surface area contributed by atoms with Crippen LogP contribution in [0.4, 0.5) is 5.69 Å². The molecular weight excluding hydrogens is 288 g/mol. The predicted molar refractivity (Wildman–Crippen MR) is 79.9 cm³/mol. The highest BCUT2D eigenvalue weighted by Crippen LogP contribution is 2.25. The zero-order chi connectivity index (χ0) is 13.1. The van der Waals surface area contributed by atoms with Crippen LogP contribution in [0, 0.1) is 20.8 Å². The van der Waals surface area contributed by atoms with Crippen molar-refractivity contribution in [3.8, 4) is 0 Å². The second kappa shape index (κ2) is 5.53. The Balaban J connectivity index is 2.16. The summed E-state index contributed by atoms with van der Waals surface area (Å²) < 4.78 is 1.12. The van der Waals surface area contributed by atoms with E-state index in [1.165, 1.54) is 16.8 Å². The lowest BCUT2D eigenvalue weighted by Crippen LogP contribution is -2.05. The number of aromatic nitrogens is 1. The second-order valence-electron chi connectivity index (χ2n) is 4.54. The van der Waals surface area contributed by atoms with Crippen molar-refractivity contribution in [1.29, 1.82) is 0 Å². The average Bonchev–Trinajstić information content (AvgIpc) is 2.27. The summed E-state index contributed by atoms with van der Waals surface area (Å²) in [6.45, 7) is 7.00. The van der Waals surface area contributed by atoms with Gasteiger partial charge in [-0.2, -0.15) is 0 Å². The molecular formula is C15H17BrN2. The SMILES string of the molecule is Cc1cccc(CNc2c(C)cc(Br)cc2C)n1. The fourth-order valence-corrected chi connectivity index (χ4v) is 2.75. The van der Waals surface area contributed by atoms with Gasteiger partial charge in [-0.15, -0.1) is 0 Å². The number of pyridine rings is 1. The molecule has 18 heavy (non-hydrogen) atoms. The quantitative estimate of drug-likeness (QED) is 0.910. The summed E-state index contributed by atoms with van der Waals surface area (Å²) >= 11 is 3.51. The lowest BCUT2D eigenvalue weighted by molar-refractivity contribution is 1.01. The smallest absolute Gasteiger partial charge is 0.0597 e. The third-order valence-electron chi connectivity index (χ3n) is 2.89. The van der Waals surface area contributed by atoms with E-state index in [1.807, 2.05) is 25.1 Å². The molecule has 0 fully saturated rings. The van der Waals surface area contributed by atoms with Crippen LogP contribution in [0.3, 0.4) is 0 Å². The highest BCUT2D eigenvalue weighted by molar-refractivity contribution is 9.10. The minimum atomic E-state index is 0.755. The maximum Gasteiger partial charge on any atom is 0.0597 e. The molecule has 0 saturated heterocycles. The van der Waals surface area contributed by atoms with Crippen LogP contribution in [0.5, 0.6) is 0 Å². The average molecular weight is 305 g/mol. The minimum Gasteiger partial charge on any atom is -0.379 e. The molecule has 0 aliphatic rings. The Labute approximate surface area is 117 Å². The van der Waals surface area contributed by atoms with Gasteiger partial charge in [-0.1, -0.05) is 22.0 Å². The van der Waals surface area contributed by atoms with E-state index in [9.17, 15) is 0 Å². The molecule has 1 aromatic heterocycles. The van der Waals surface area contributed by atoms with Crippen LogP contribution >= 0.6 is 15.9 Å². The molecule has 3 heteroatoms. The summed E-state index contributed by atoms with van der Waals surface area (Å²) in [6, 6.07) is 10.3. The number of halogens is 1. The minimum absolute atomic E-state index is 0.755. The number of aryl methyl sites for hydroxylation is 3. The normalized spacial score (nSPS) is 10.4. The van der Waals surface area contributed by atoms with E-state index < -0.39 is 0 Å². The van der Waals surface area contributed by atoms with Crippen LogP contribution in [-0.2, 0) is 6.54 Å². The van der Waals surface area contributed by atoms with Gasteiger partial charge in [0.15, 0.2) is 0 Å². The molecule has 2 nitrogen and oxygen atoms in total. The van der Waals surface area contributed by atoms with Gasteiger partial charge < -0.3 is 5.32 Å². The van der Waals surface area contributed by atoms with Crippen molar-refractivity contribution in [2.75, 3.05) is 5.32 Å². The van der Waals surface area contributed by atoms with Gasteiger partial charge in [0.05, 0.1) is 12.2 Å². The van der Waals surface area contributed by atoms with Gasteiger partial charge in [-0.05, 0) is 56.2 Å². The van der Waals surface area contributed by atoms with E-state index in [0.717, 1.165) is 22.4 Å². The molecule has 2 aromatic rings. The maximum atomic E-state index is 4.49. The third kappa shape index (κ3) is 3.10. The molecule has 0 atom stereocenters. The Hall–Kier alpha value is -1.35. The monoisotopic (exact) mass is 304 g/mol. The van der Waals surface area contributed by atoms with Gasteiger partial charge in [0.25, 0.3) is 0 Å². The molecule has 94 valence electrons. The Morgan fingerprint density at radius 2 is 1.78 bits per heavy atom. The number of nitrogens with zero attached hydrogens (tertiary/aromatic N) is 1. The summed E-state index contributed by atoms with van der Waals surface area (Å²) in [5.41, 5.74) is 5.81. The maximum absolute atomic E-state index is 4.49. The standard InChI is InChI=1S/C15H17BrN2/c1-10-7-13(16)8-11(2)15(10)17-9-14-6-4-5-12(3)18-14/h4-8,17H,9H2,1-3H3. The van der Waals surface area contributed by atoms with E-state index >= 15 is 0 Å². The van der Waals surface area contributed by atoms with Crippen LogP contribution in [0.25, 0.3) is 0 Å². The number of hydrogen-bond acceptors (Lipinski definition) is 2. The molecule has 0 spiro atoms. The molecule has 2 rings (SSSR count). The van der Waals surface area contributed by atoms with E-state index in [1.54, 1.807) is 0 Å². The molecule has 1 aromatic carbocycles. The van der Waals surface area contributed by atoms with E-state index in [-0.39, 0.29) is 0 Å². The van der Waals surface area contributed by atoms with Gasteiger partial charge in [0, 0.05) is 15.9 Å². The topological polar surface area (TPSA) is 24.9 Å². The van der Waals surface area contributed by atoms with Crippen LogP contribution in [0.1, 0.15) is 22.5 Å². The zero-order valence-corrected chi connectivity index (χ0v) is 12.5. The summed E-state index contributed by atoms with van der Waals surface area (Å²) in [6.07, 6.45) is 0. The number of benzene rings is 1. The van der Waals surface area contributed by atoms with Crippen molar-refractivity contribution in [1.82, 2.24) is 4.98 Å². The van der Waals surface area contributed by atoms with Gasteiger partial charge in [-0.25, -0.2) is 0 Å². The lowest BCUT2D eigenvalue weighted by atomic mass is 10.1. The summed E-state index contributed by atoms with van der Waals surface area (Å²) in [4.78, 5) is 4.49. The zero-order valence-electron chi connectivity index (χ0n) is 10.9. The summed E-state index contributed by atoms with van der Waals surface area (Å²) in [5.74, 6) is 0. The Bertz CT molecular complexity index is 541. The van der Waals surface area contributed by atoms with Crippen molar-refractivity contribution in [3.63, 3.8) is 0 Å². The molecule has 1 heterocycles. The first kappa shape index (κ1) is 13.1. The Morgan fingerprint density at radius 3 is 2.39 bits per heavy atom. The van der Waals surface area contributed by atoms with Crippen LogP contribution in [0.2, 0.25) is 0 Å². The number of rotatable bonds is 3. The number of nitrogens with one attached hydrogen (secondary N) is 1. The third-order valence-corrected chi connectivity index (χ3v) is 3.35. The molecule has 0 amide bonds. The molecule has 0 aliphatic heterocycles. The highest BCUT2D eigenvalue weighted by atomic mass is 79.9. The Kier molecular flexibility index (Phi) is 4.02. The van der Waals surface area contributed by atoms with E-state index in [0.29, 0.717) is 0 Å². The van der Waals surface area contributed by atoms with Gasteiger partial charge in [0.2, 0.25) is 0 Å². The van der Waals surface area contributed by atoms with Crippen molar-refractivity contribution in [3.05, 3.63) is 57.3 Å². The second-order valence-corrected chi connectivity index (χ2v) is 5.45.